The Labute approximate surface area is 109 Å². The molecule has 0 bridgehead atoms. The number of benzene rings is 1. The highest BCUT2D eigenvalue weighted by Gasteiger charge is 2.25. The summed E-state index contributed by atoms with van der Waals surface area (Å²) < 4.78 is 1.76. The van der Waals surface area contributed by atoms with E-state index in [-0.39, 0.29) is 11.3 Å². The number of amides is 1. The predicted octanol–water partition coefficient (Wildman–Crippen LogP) is 1.30. The third-order valence-corrected chi connectivity index (χ3v) is 2.96. The number of rotatable bonds is 2. The van der Waals surface area contributed by atoms with Crippen molar-refractivity contribution >= 4 is 5.91 Å². The Morgan fingerprint density at radius 2 is 1.79 bits per heavy atom. The molecule has 1 aliphatic heterocycles. The molecule has 1 aromatic carbocycles. The number of pyridine rings is 1. The van der Waals surface area contributed by atoms with E-state index >= 15 is 0 Å². The number of hydroxylamine groups is 2. The first-order valence-corrected chi connectivity index (χ1v) is 5.99. The SMILES string of the molecule is O=C1c2cc(=O)ccn2CCN1Oc1ccccc1. The molecule has 0 fully saturated rings. The third kappa shape index (κ3) is 2.22. The Morgan fingerprint density at radius 1 is 1.00 bits per heavy atom. The van der Waals surface area contributed by atoms with Gasteiger partial charge in [-0.2, -0.15) is 5.06 Å². The highest BCUT2D eigenvalue weighted by molar-refractivity contribution is 5.92. The van der Waals surface area contributed by atoms with E-state index in [9.17, 15) is 9.59 Å². The maximum Gasteiger partial charge on any atom is 0.303 e. The van der Waals surface area contributed by atoms with Gasteiger partial charge in [-0.05, 0) is 12.1 Å². The summed E-state index contributed by atoms with van der Waals surface area (Å²) in [4.78, 5) is 29.1. The number of para-hydroxylation sites is 1. The van der Waals surface area contributed by atoms with Crippen molar-refractivity contribution in [3.63, 3.8) is 0 Å². The maximum atomic E-state index is 12.2. The van der Waals surface area contributed by atoms with Crippen LogP contribution in [0.3, 0.4) is 0 Å². The van der Waals surface area contributed by atoms with Crippen LogP contribution >= 0.6 is 0 Å². The van der Waals surface area contributed by atoms with Gasteiger partial charge in [-0.25, -0.2) is 0 Å². The van der Waals surface area contributed by atoms with E-state index in [2.05, 4.69) is 0 Å². The standard InChI is InChI=1S/C14H12N2O3/c17-11-6-7-15-8-9-16(14(18)13(15)10-11)19-12-4-2-1-3-5-12/h1-7,10H,8-9H2. The van der Waals surface area contributed by atoms with Crippen LogP contribution in [0.25, 0.3) is 0 Å². The molecule has 0 radical (unpaired) electrons. The molecule has 0 aliphatic carbocycles. The van der Waals surface area contributed by atoms with E-state index in [1.54, 1.807) is 22.9 Å². The second-order valence-electron chi connectivity index (χ2n) is 4.25. The number of hydrogen-bond donors (Lipinski definition) is 0. The normalized spacial score (nSPS) is 14.1. The van der Waals surface area contributed by atoms with Crippen molar-refractivity contribution in [3.8, 4) is 5.75 Å². The van der Waals surface area contributed by atoms with Gasteiger partial charge in [0.15, 0.2) is 11.2 Å². The molecule has 3 rings (SSSR count). The van der Waals surface area contributed by atoms with Gasteiger partial charge in [-0.3, -0.25) is 9.59 Å². The van der Waals surface area contributed by atoms with Crippen molar-refractivity contribution in [2.75, 3.05) is 6.54 Å². The average Bonchev–Trinajstić information content (AvgIpc) is 2.44. The van der Waals surface area contributed by atoms with Crippen LogP contribution < -0.4 is 10.3 Å². The van der Waals surface area contributed by atoms with E-state index in [1.807, 2.05) is 18.2 Å². The first kappa shape index (κ1) is 11.5. The molecule has 0 saturated carbocycles. The predicted molar refractivity (Wildman–Crippen MR) is 68.8 cm³/mol. The minimum absolute atomic E-state index is 0.179. The molecule has 5 nitrogen and oxygen atoms in total. The smallest absolute Gasteiger partial charge is 0.303 e. The molecule has 0 N–H and O–H groups in total. The third-order valence-electron chi connectivity index (χ3n) is 2.96. The molecular formula is C14H12N2O3. The summed E-state index contributed by atoms with van der Waals surface area (Å²) in [5.74, 6) is 0.301. The number of carbonyl (C=O) groups excluding carboxylic acids is 1. The Hall–Kier alpha value is -2.56. The van der Waals surface area contributed by atoms with E-state index in [4.69, 9.17) is 4.84 Å². The topological polar surface area (TPSA) is 51.5 Å². The quantitative estimate of drug-likeness (QED) is 0.813. The first-order chi connectivity index (χ1) is 9.24. The van der Waals surface area contributed by atoms with Gasteiger partial charge in [0.2, 0.25) is 0 Å². The molecule has 1 aromatic heterocycles. The summed E-state index contributed by atoms with van der Waals surface area (Å²) in [5.41, 5.74) is 0.177. The fraction of sp³-hybridized carbons (Fsp3) is 0.143. The molecule has 96 valence electrons. The van der Waals surface area contributed by atoms with Crippen LogP contribution in [0.1, 0.15) is 10.5 Å². The van der Waals surface area contributed by atoms with Gasteiger partial charge in [-0.15, -0.1) is 0 Å². The van der Waals surface area contributed by atoms with Crippen molar-refractivity contribution in [3.05, 3.63) is 64.6 Å². The summed E-state index contributed by atoms with van der Waals surface area (Å²) in [5, 5.41) is 1.28. The first-order valence-electron chi connectivity index (χ1n) is 5.99. The second kappa shape index (κ2) is 4.61. The minimum atomic E-state index is -0.298. The van der Waals surface area contributed by atoms with Crippen LogP contribution in [0.15, 0.2) is 53.5 Å². The summed E-state index contributed by atoms with van der Waals surface area (Å²) >= 11 is 0. The van der Waals surface area contributed by atoms with E-state index in [0.29, 0.717) is 24.5 Å². The lowest BCUT2D eigenvalue weighted by Gasteiger charge is -2.28. The number of carbonyl (C=O) groups is 1. The second-order valence-corrected chi connectivity index (χ2v) is 4.25. The van der Waals surface area contributed by atoms with Crippen molar-refractivity contribution in [1.29, 1.82) is 0 Å². The fourth-order valence-corrected chi connectivity index (χ4v) is 2.01. The average molecular weight is 256 g/mol. The highest BCUT2D eigenvalue weighted by atomic mass is 16.7. The number of fused-ring (bicyclic) bond motifs is 1. The molecule has 0 saturated heterocycles. The van der Waals surface area contributed by atoms with Gasteiger partial charge in [-0.1, -0.05) is 18.2 Å². The van der Waals surface area contributed by atoms with Gasteiger partial charge in [0, 0.05) is 24.9 Å². The van der Waals surface area contributed by atoms with Crippen LogP contribution in [0.2, 0.25) is 0 Å². The van der Waals surface area contributed by atoms with E-state index in [0.717, 1.165) is 0 Å². The number of hydrogen-bond acceptors (Lipinski definition) is 3. The van der Waals surface area contributed by atoms with E-state index < -0.39 is 0 Å². The van der Waals surface area contributed by atoms with E-state index in [1.165, 1.54) is 17.2 Å². The summed E-state index contributed by atoms with van der Waals surface area (Å²) in [6.07, 6.45) is 1.63. The fourth-order valence-electron chi connectivity index (χ4n) is 2.01. The van der Waals surface area contributed by atoms with Crippen molar-refractivity contribution < 1.29 is 9.63 Å². The Balaban J connectivity index is 1.87. The van der Waals surface area contributed by atoms with Crippen LogP contribution in [0.5, 0.6) is 5.75 Å². The highest BCUT2D eigenvalue weighted by Crippen LogP contribution is 2.15. The maximum absolute atomic E-state index is 12.2. The Bertz CT molecular complexity index is 664. The summed E-state index contributed by atoms with van der Waals surface area (Å²) in [7, 11) is 0. The summed E-state index contributed by atoms with van der Waals surface area (Å²) in [6, 6.07) is 11.9. The van der Waals surface area contributed by atoms with Gasteiger partial charge in [0.25, 0.3) is 0 Å². The van der Waals surface area contributed by atoms with Crippen LogP contribution in [-0.4, -0.2) is 22.1 Å². The zero-order chi connectivity index (χ0) is 13.2. The minimum Gasteiger partial charge on any atom is -0.376 e. The van der Waals surface area contributed by atoms with Gasteiger partial charge >= 0.3 is 5.91 Å². The van der Waals surface area contributed by atoms with Crippen molar-refractivity contribution in [1.82, 2.24) is 9.63 Å². The molecule has 1 amide bonds. The van der Waals surface area contributed by atoms with Crippen molar-refractivity contribution in [2.24, 2.45) is 0 Å². The van der Waals surface area contributed by atoms with Gasteiger partial charge in [0.05, 0.1) is 6.54 Å². The monoisotopic (exact) mass is 256 g/mol. The number of aromatic nitrogens is 1. The molecule has 2 aromatic rings. The molecule has 0 unspecified atom stereocenters. The van der Waals surface area contributed by atoms with Gasteiger partial charge < -0.3 is 9.40 Å². The lowest BCUT2D eigenvalue weighted by molar-refractivity contribution is -0.0417. The Kier molecular flexibility index (Phi) is 2.79. The van der Waals surface area contributed by atoms with Crippen LogP contribution in [0, 0.1) is 0 Å². The molecular weight excluding hydrogens is 244 g/mol. The summed E-state index contributed by atoms with van der Waals surface area (Å²) in [6.45, 7) is 1.05. The lowest BCUT2D eigenvalue weighted by atomic mass is 10.2. The zero-order valence-corrected chi connectivity index (χ0v) is 10.2. The van der Waals surface area contributed by atoms with Crippen molar-refractivity contribution in [2.45, 2.75) is 6.54 Å². The zero-order valence-electron chi connectivity index (χ0n) is 10.2. The molecule has 1 aliphatic rings. The van der Waals surface area contributed by atoms with Crippen LogP contribution in [-0.2, 0) is 6.54 Å². The Morgan fingerprint density at radius 3 is 2.58 bits per heavy atom. The number of nitrogens with zero attached hydrogens (tertiary/aromatic N) is 2. The molecule has 2 heterocycles. The molecule has 0 atom stereocenters. The molecule has 5 heteroatoms. The largest absolute Gasteiger partial charge is 0.376 e. The molecule has 0 spiro atoms. The molecule has 19 heavy (non-hydrogen) atoms. The lowest BCUT2D eigenvalue weighted by Crippen LogP contribution is -2.43. The van der Waals surface area contributed by atoms with Crippen LogP contribution in [0.4, 0.5) is 0 Å². The van der Waals surface area contributed by atoms with Gasteiger partial charge in [0.1, 0.15) is 5.69 Å².